The number of methoxy groups -OCH3 is 1. The van der Waals surface area contributed by atoms with Gasteiger partial charge in [-0.15, -0.1) is 0 Å². The Hall–Kier alpha value is -1.71. The SMILES string of the molecule is CCOc1cc(C=[N+]([O-])C(C)(C)CC(C)C)ccc1OC. The molecule has 0 saturated carbocycles. The quantitative estimate of drug-likeness (QED) is 0.332. The molecule has 0 aliphatic rings. The van der Waals surface area contributed by atoms with E-state index in [0.717, 1.165) is 16.7 Å². The minimum atomic E-state index is -0.431. The van der Waals surface area contributed by atoms with Crippen LogP contribution in [0.25, 0.3) is 0 Å². The zero-order valence-corrected chi connectivity index (χ0v) is 14.0. The summed E-state index contributed by atoms with van der Waals surface area (Å²) in [7, 11) is 1.60. The molecule has 4 nitrogen and oxygen atoms in total. The predicted octanol–water partition coefficient (Wildman–Crippen LogP) is 3.85. The summed E-state index contributed by atoms with van der Waals surface area (Å²) in [5.74, 6) is 1.80. The van der Waals surface area contributed by atoms with Crippen LogP contribution in [0.5, 0.6) is 11.5 Å². The van der Waals surface area contributed by atoms with Crippen molar-refractivity contribution < 1.29 is 14.2 Å². The second-order valence-corrected chi connectivity index (χ2v) is 6.21. The third-order valence-electron chi connectivity index (χ3n) is 3.26. The Bertz CT molecular complexity index is 493. The Balaban J connectivity index is 3.05. The fourth-order valence-corrected chi connectivity index (χ4v) is 2.44. The van der Waals surface area contributed by atoms with E-state index in [2.05, 4.69) is 13.8 Å². The molecular formula is C17H27NO3. The largest absolute Gasteiger partial charge is 0.623 e. The number of hydrogen-bond donors (Lipinski definition) is 0. The first-order chi connectivity index (χ1) is 9.80. The Morgan fingerprint density at radius 1 is 1.29 bits per heavy atom. The molecule has 1 aromatic carbocycles. The molecule has 21 heavy (non-hydrogen) atoms. The fourth-order valence-electron chi connectivity index (χ4n) is 2.44. The third-order valence-corrected chi connectivity index (χ3v) is 3.26. The third kappa shape index (κ3) is 4.96. The number of hydroxylamine groups is 1. The van der Waals surface area contributed by atoms with Crippen LogP contribution in [0, 0.1) is 11.1 Å². The molecule has 118 valence electrons. The van der Waals surface area contributed by atoms with Crippen molar-refractivity contribution in [1.82, 2.24) is 0 Å². The molecular weight excluding hydrogens is 266 g/mol. The first kappa shape index (κ1) is 17.3. The second kappa shape index (κ2) is 7.34. The van der Waals surface area contributed by atoms with E-state index in [4.69, 9.17) is 9.47 Å². The number of ether oxygens (including phenoxy) is 2. The van der Waals surface area contributed by atoms with Crippen molar-refractivity contribution in [2.24, 2.45) is 5.92 Å². The summed E-state index contributed by atoms with van der Waals surface area (Å²) < 4.78 is 11.8. The standard InChI is InChI=1S/C17H27NO3/c1-7-21-16-10-14(8-9-15(16)20-6)12-18(19)17(4,5)11-13(2)3/h8-10,12-13H,7,11H2,1-6H3. The van der Waals surface area contributed by atoms with Gasteiger partial charge in [0, 0.05) is 25.8 Å². The highest BCUT2D eigenvalue weighted by atomic mass is 16.5. The van der Waals surface area contributed by atoms with E-state index in [9.17, 15) is 5.21 Å². The topological polar surface area (TPSA) is 44.5 Å². The smallest absolute Gasteiger partial charge is 0.182 e. The maximum atomic E-state index is 12.4. The highest BCUT2D eigenvalue weighted by molar-refractivity contribution is 5.77. The van der Waals surface area contributed by atoms with Crippen molar-refractivity contribution in [3.8, 4) is 11.5 Å². The van der Waals surface area contributed by atoms with Crippen LogP contribution in [0.3, 0.4) is 0 Å². The lowest BCUT2D eigenvalue weighted by atomic mass is 9.93. The molecule has 0 unspecified atom stereocenters. The summed E-state index contributed by atoms with van der Waals surface area (Å²) in [5.41, 5.74) is 0.381. The average Bonchev–Trinajstić information content (AvgIpc) is 2.38. The zero-order valence-electron chi connectivity index (χ0n) is 14.0. The molecule has 0 bridgehead atoms. The fraction of sp³-hybridized carbons (Fsp3) is 0.588. The molecule has 0 amide bonds. The molecule has 4 heteroatoms. The van der Waals surface area contributed by atoms with Crippen molar-refractivity contribution in [2.75, 3.05) is 13.7 Å². The normalized spacial score (nSPS) is 12.6. The van der Waals surface area contributed by atoms with Crippen molar-refractivity contribution in [1.29, 1.82) is 0 Å². The molecule has 0 saturated heterocycles. The molecule has 0 atom stereocenters. The summed E-state index contributed by atoms with van der Waals surface area (Å²) in [6, 6.07) is 5.51. The van der Waals surface area contributed by atoms with E-state index in [1.807, 2.05) is 39.0 Å². The maximum Gasteiger partial charge on any atom is 0.182 e. The van der Waals surface area contributed by atoms with Gasteiger partial charge in [0.2, 0.25) is 0 Å². The highest BCUT2D eigenvalue weighted by Gasteiger charge is 2.27. The van der Waals surface area contributed by atoms with Crippen LogP contribution in [0.1, 0.15) is 46.6 Å². The van der Waals surface area contributed by atoms with E-state index < -0.39 is 5.54 Å². The van der Waals surface area contributed by atoms with Crippen LogP contribution in [0.4, 0.5) is 0 Å². The van der Waals surface area contributed by atoms with Crippen LogP contribution < -0.4 is 9.47 Å². The lowest BCUT2D eigenvalue weighted by molar-refractivity contribution is -0.538. The molecule has 0 radical (unpaired) electrons. The second-order valence-electron chi connectivity index (χ2n) is 6.21. The first-order valence-corrected chi connectivity index (χ1v) is 7.42. The van der Waals surface area contributed by atoms with Gasteiger partial charge in [-0.1, -0.05) is 13.8 Å². The molecule has 0 spiro atoms. The Labute approximate surface area is 128 Å². The van der Waals surface area contributed by atoms with E-state index in [1.165, 1.54) is 0 Å². The first-order valence-electron chi connectivity index (χ1n) is 7.42. The van der Waals surface area contributed by atoms with Gasteiger partial charge in [-0.3, -0.25) is 0 Å². The van der Waals surface area contributed by atoms with Crippen molar-refractivity contribution in [3.05, 3.63) is 29.0 Å². The highest BCUT2D eigenvalue weighted by Crippen LogP contribution is 2.28. The van der Waals surface area contributed by atoms with Crippen molar-refractivity contribution >= 4 is 6.21 Å². The van der Waals surface area contributed by atoms with E-state index >= 15 is 0 Å². The number of nitrogens with zero attached hydrogens (tertiary/aromatic N) is 1. The molecule has 1 aromatic rings. The van der Waals surface area contributed by atoms with Gasteiger partial charge >= 0.3 is 0 Å². The minimum absolute atomic E-state index is 0.431. The van der Waals surface area contributed by atoms with Gasteiger partial charge in [0.15, 0.2) is 23.3 Å². The Kier molecular flexibility index (Phi) is 6.06. The number of benzene rings is 1. The van der Waals surface area contributed by atoms with Crippen LogP contribution in [-0.2, 0) is 0 Å². The molecule has 0 fully saturated rings. The van der Waals surface area contributed by atoms with Gasteiger partial charge in [0.25, 0.3) is 0 Å². The van der Waals surface area contributed by atoms with E-state index in [1.54, 1.807) is 13.3 Å². The van der Waals surface area contributed by atoms with Gasteiger partial charge < -0.3 is 14.7 Å². The lowest BCUT2D eigenvalue weighted by Crippen LogP contribution is -2.34. The number of rotatable bonds is 7. The molecule has 0 aromatic heterocycles. The summed E-state index contributed by atoms with van der Waals surface area (Å²) in [5, 5.41) is 12.4. The van der Waals surface area contributed by atoms with Gasteiger partial charge in [0.1, 0.15) is 0 Å². The molecule has 0 heterocycles. The van der Waals surface area contributed by atoms with Crippen LogP contribution in [0.2, 0.25) is 0 Å². The van der Waals surface area contributed by atoms with E-state index in [-0.39, 0.29) is 0 Å². The summed E-state index contributed by atoms with van der Waals surface area (Å²) in [4.78, 5) is 0. The maximum absolute atomic E-state index is 12.4. The molecule has 0 aliphatic carbocycles. The summed E-state index contributed by atoms with van der Waals surface area (Å²) in [6.07, 6.45) is 2.45. The Morgan fingerprint density at radius 3 is 2.48 bits per heavy atom. The van der Waals surface area contributed by atoms with Gasteiger partial charge in [-0.25, -0.2) is 4.74 Å². The van der Waals surface area contributed by atoms with Crippen LogP contribution >= 0.6 is 0 Å². The lowest BCUT2D eigenvalue weighted by Gasteiger charge is -2.25. The monoisotopic (exact) mass is 293 g/mol. The van der Waals surface area contributed by atoms with Crippen LogP contribution in [0.15, 0.2) is 18.2 Å². The predicted molar refractivity (Wildman–Crippen MR) is 86.5 cm³/mol. The van der Waals surface area contributed by atoms with Gasteiger partial charge in [0.05, 0.1) is 13.7 Å². The Morgan fingerprint density at radius 2 is 1.95 bits per heavy atom. The van der Waals surface area contributed by atoms with Crippen LogP contribution in [-0.4, -0.2) is 30.2 Å². The van der Waals surface area contributed by atoms with Crippen molar-refractivity contribution in [3.63, 3.8) is 0 Å². The van der Waals surface area contributed by atoms with E-state index in [0.29, 0.717) is 24.0 Å². The zero-order chi connectivity index (χ0) is 16.0. The summed E-state index contributed by atoms with van der Waals surface area (Å²) in [6.45, 7) is 10.6. The van der Waals surface area contributed by atoms with Gasteiger partial charge in [-0.05, 0) is 31.0 Å². The average molecular weight is 293 g/mol. The minimum Gasteiger partial charge on any atom is -0.623 e. The molecule has 1 rings (SSSR count). The van der Waals surface area contributed by atoms with Gasteiger partial charge in [-0.2, -0.15) is 0 Å². The summed E-state index contributed by atoms with van der Waals surface area (Å²) >= 11 is 0. The number of hydrogen-bond acceptors (Lipinski definition) is 3. The van der Waals surface area contributed by atoms with Crippen molar-refractivity contribution in [2.45, 2.75) is 46.6 Å². The molecule has 0 N–H and O–H groups in total. The molecule has 0 aliphatic heterocycles.